The van der Waals surface area contributed by atoms with Crippen molar-refractivity contribution in [3.63, 3.8) is 0 Å². The van der Waals surface area contributed by atoms with E-state index >= 15 is 0 Å². The lowest BCUT2D eigenvalue weighted by Gasteiger charge is -2.21. The van der Waals surface area contributed by atoms with Crippen molar-refractivity contribution in [2.24, 2.45) is 0 Å². The highest BCUT2D eigenvalue weighted by Gasteiger charge is 2.26. The van der Waals surface area contributed by atoms with Gasteiger partial charge >= 0.3 is 0 Å². The molecule has 3 aromatic heterocycles. The van der Waals surface area contributed by atoms with Gasteiger partial charge in [-0.25, -0.2) is 19.2 Å². The second-order valence-corrected chi connectivity index (χ2v) is 10.0. The summed E-state index contributed by atoms with van der Waals surface area (Å²) in [6.45, 7) is 6.55. The monoisotopic (exact) mass is 540 g/mol. The zero-order valence-electron chi connectivity index (χ0n) is 21.9. The predicted molar refractivity (Wildman–Crippen MR) is 152 cm³/mol. The number of anilines is 1. The maximum atomic E-state index is 13.2. The number of amides is 1. The third-order valence-electron chi connectivity index (χ3n) is 6.42. The van der Waals surface area contributed by atoms with Crippen LogP contribution in [0.15, 0.2) is 73.1 Å². The molecule has 0 radical (unpaired) electrons. The molecular formula is C29H28N6O3S. The van der Waals surface area contributed by atoms with Gasteiger partial charge in [0.25, 0.3) is 17.2 Å². The summed E-state index contributed by atoms with van der Waals surface area (Å²) in [4.78, 5) is 31.3. The second kappa shape index (κ2) is 11.2. The topological polar surface area (TPSA) is 114 Å². The van der Waals surface area contributed by atoms with Crippen LogP contribution in [0.5, 0.6) is 0 Å². The first-order valence-corrected chi connectivity index (χ1v) is 13.7. The van der Waals surface area contributed by atoms with Gasteiger partial charge in [-0.15, -0.1) is 0 Å². The molecular weight excluding hydrogens is 512 g/mol. The molecule has 5 aromatic rings. The minimum Gasteiger partial charge on any atom is -0.308 e. The molecule has 0 bridgehead atoms. The first-order valence-electron chi connectivity index (χ1n) is 12.6. The van der Waals surface area contributed by atoms with E-state index in [0.717, 1.165) is 51.0 Å². The average Bonchev–Trinajstić information content (AvgIpc) is 3.27. The third kappa shape index (κ3) is 5.34. The van der Waals surface area contributed by atoms with E-state index in [4.69, 9.17) is 4.98 Å². The summed E-state index contributed by atoms with van der Waals surface area (Å²) in [5.41, 5.74) is 5.50. The Labute approximate surface area is 229 Å². The van der Waals surface area contributed by atoms with Crippen LogP contribution in [0.4, 0.5) is 5.69 Å². The van der Waals surface area contributed by atoms with Crippen molar-refractivity contribution < 1.29 is 13.6 Å². The normalized spacial score (nSPS) is 12.0. The molecule has 1 unspecified atom stereocenters. The van der Waals surface area contributed by atoms with E-state index in [1.807, 2.05) is 38.1 Å². The number of benzene rings is 2. The Kier molecular flexibility index (Phi) is 7.58. The van der Waals surface area contributed by atoms with Crippen LogP contribution >= 0.6 is 0 Å². The molecule has 0 aliphatic heterocycles. The number of aryl methyl sites for hydroxylation is 3. The molecule has 2 aromatic carbocycles. The molecule has 198 valence electrons. The van der Waals surface area contributed by atoms with E-state index in [9.17, 15) is 13.6 Å². The van der Waals surface area contributed by atoms with Crippen molar-refractivity contribution in [3.05, 3.63) is 102 Å². The fourth-order valence-electron chi connectivity index (χ4n) is 4.63. The first kappa shape index (κ1) is 26.3. The van der Waals surface area contributed by atoms with Crippen LogP contribution in [0.25, 0.3) is 22.3 Å². The Morgan fingerprint density at radius 1 is 1.00 bits per heavy atom. The smallest absolute Gasteiger partial charge is 0.272 e. The third-order valence-corrected chi connectivity index (χ3v) is 7.09. The van der Waals surface area contributed by atoms with Gasteiger partial charge in [0, 0.05) is 23.7 Å². The van der Waals surface area contributed by atoms with Crippen molar-refractivity contribution in [2.45, 2.75) is 40.2 Å². The van der Waals surface area contributed by atoms with Gasteiger partial charge < -0.3 is 4.57 Å². The summed E-state index contributed by atoms with van der Waals surface area (Å²) >= 11 is -2.60. The van der Waals surface area contributed by atoms with Gasteiger partial charge in [0.2, 0.25) is 0 Å². The highest BCUT2D eigenvalue weighted by molar-refractivity contribution is 7.81. The molecule has 1 atom stereocenters. The first-order chi connectivity index (χ1) is 18.9. The van der Waals surface area contributed by atoms with Gasteiger partial charge in [-0.05, 0) is 49.6 Å². The van der Waals surface area contributed by atoms with Gasteiger partial charge in [0.1, 0.15) is 17.2 Å². The van der Waals surface area contributed by atoms with Gasteiger partial charge in [-0.2, -0.15) is 4.31 Å². The Balaban J connectivity index is 1.50. The summed E-state index contributed by atoms with van der Waals surface area (Å²) in [6, 6.07) is 18.0. The molecule has 3 heterocycles. The molecule has 10 heteroatoms. The average molecular weight is 541 g/mol. The maximum absolute atomic E-state index is 13.2. The molecule has 39 heavy (non-hydrogen) atoms. The largest absolute Gasteiger partial charge is 0.308 e. The molecule has 9 nitrogen and oxygen atoms in total. The molecule has 0 aliphatic rings. The highest BCUT2D eigenvalue weighted by Crippen LogP contribution is 2.32. The summed E-state index contributed by atoms with van der Waals surface area (Å²) in [5, 5.41) is 0. The molecule has 1 amide bonds. The van der Waals surface area contributed by atoms with Gasteiger partial charge in [0.15, 0.2) is 5.65 Å². The summed E-state index contributed by atoms with van der Waals surface area (Å²) in [6.07, 6.45) is 4.81. The fraction of sp³-hybridized carbons (Fsp3) is 0.207. The van der Waals surface area contributed by atoms with Crippen LogP contribution in [-0.4, -0.2) is 39.2 Å². The lowest BCUT2D eigenvalue weighted by atomic mass is 10.0. The van der Waals surface area contributed by atoms with Crippen LogP contribution in [0.1, 0.15) is 46.6 Å². The number of carbonyl (C=O) groups is 1. The predicted octanol–water partition coefficient (Wildman–Crippen LogP) is 5.29. The molecule has 0 fully saturated rings. The summed E-state index contributed by atoms with van der Waals surface area (Å²) < 4.78 is 25.4. The van der Waals surface area contributed by atoms with E-state index in [1.165, 1.54) is 6.20 Å². The Morgan fingerprint density at radius 2 is 1.74 bits per heavy atom. The molecule has 0 saturated heterocycles. The van der Waals surface area contributed by atoms with E-state index in [2.05, 4.69) is 26.4 Å². The zero-order chi connectivity index (χ0) is 27.5. The number of hydrogen-bond acceptors (Lipinski definition) is 6. The van der Waals surface area contributed by atoms with Crippen molar-refractivity contribution in [1.29, 1.82) is 0 Å². The van der Waals surface area contributed by atoms with E-state index in [-0.39, 0.29) is 5.69 Å². The number of pyridine rings is 1. The number of carbonyl (C=O) groups excluding carboxylic acids is 1. The van der Waals surface area contributed by atoms with Crippen LogP contribution in [-0.2, 0) is 24.2 Å². The summed E-state index contributed by atoms with van der Waals surface area (Å²) in [7, 11) is 0. The van der Waals surface area contributed by atoms with Crippen molar-refractivity contribution in [2.75, 3.05) is 4.31 Å². The van der Waals surface area contributed by atoms with E-state index in [0.29, 0.717) is 23.5 Å². The highest BCUT2D eigenvalue weighted by atomic mass is 32.2. The molecule has 0 aliphatic carbocycles. The lowest BCUT2D eigenvalue weighted by molar-refractivity contribution is 0.100. The number of nitrogens with zero attached hydrogens (tertiary/aromatic N) is 6. The second-order valence-electron chi connectivity index (χ2n) is 9.18. The number of hydrogen-bond donors (Lipinski definition) is 1. The van der Waals surface area contributed by atoms with E-state index < -0.39 is 17.2 Å². The van der Waals surface area contributed by atoms with E-state index in [1.54, 1.807) is 42.6 Å². The standard InChI is InChI=1S/C29H28N6O3S/c1-4-8-26-33-27-19(2)31-20(3)32-28(27)34(26)18-21-11-13-22(14-12-21)24-15-16-30-17-25(24)35(39(37)38)29(36)23-9-6-5-7-10-23/h5-7,9-17H,4,8,18H2,1-3H3,(H,37,38). The Bertz CT molecular complexity index is 1670. The quantitative estimate of drug-likeness (QED) is 0.266. The van der Waals surface area contributed by atoms with Gasteiger partial charge in [0.05, 0.1) is 24.1 Å². The SMILES string of the molecule is CCCc1nc2c(C)nc(C)nc2n1Cc1ccc(-c2ccncc2N(C(=O)c2ccccc2)S(=O)O)cc1. The molecule has 0 saturated carbocycles. The lowest BCUT2D eigenvalue weighted by Crippen LogP contribution is -2.33. The number of aromatic nitrogens is 5. The Morgan fingerprint density at radius 3 is 2.44 bits per heavy atom. The van der Waals surface area contributed by atoms with Crippen LogP contribution < -0.4 is 4.31 Å². The Hall–Kier alpha value is -4.28. The van der Waals surface area contributed by atoms with Gasteiger partial charge in [-0.1, -0.05) is 49.4 Å². The minimum absolute atomic E-state index is 0.244. The van der Waals surface area contributed by atoms with Crippen LogP contribution in [0, 0.1) is 13.8 Å². The maximum Gasteiger partial charge on any atom is 0.272 e. The molecule has 1 N–H and O–H groups in total. The molecule has 5 rings (SSSR count). The van der Waals surface area contributed by atoms with Gasteiger partial charge in [-0.3, -0.25) is 14.3 Å². The van der Waals surface area contributed by atoms with Crippen LogP contribution in [0.2, 0.25) is 0 Å². The van der Waals surface area contributed by atoms with Crippen LogP contribution in [0.3, 0.4) is 0 Å². The fourth-order valence-corrected chi connectivity index (χ4v) is 5.19. The van der Waals surface area contributed by atoms with Crippen molar-refractivity contribution in [1.82, 2.24) is 24.5 Å². The number of imidazole rings is 1. The molecule has 0 spiro atoms. The number of fused-ring (bicyclic) bond motifs is 1. The number of rotatable bonds is 8. The van der Waals surface area contributed by atoms with Crippen molar-refractivity contribution >= 4 is 34.0 Å². The van der Waals surface area contributed by atoms with Crippen molar-refractivity contribution in [3.8, 4) is 11.1 Å². The summed E-state index contributed by atoms with van der Waals surface area (Å²) in [5.74, 6) is 1.09. The zero-order valence-corrected chi connectivity index (χ0v) is 22.7. The minimum atomic E-state index is -2.60.